The second kappa shape index (κ2) is 5.32. The molecule has 82 valence electrons. The topological polar surface area (TPSA) is 20.2 Å². The van der Waals surface area contributed by atoms with E-state index in [-0.39, 0.29) is 6.10 Å². The molecule has 1 aromatic carbocycles. The second-order valence-electron chi connectivity index (χ2n) is 4.64. The van der Waals surface area contributed by atoms with E-state index in [1.807, 2.05) is 0 Å². The molecule has 15 heavy (non-hydrogen) atoms. The molecular weight excluding hydrogens is 184 g/mol. The van der Waals surface area contributed by atoms with Crippen LogP contribution in [-0.2, 0) is 6.42 Å². The molecule has 0 unspecified atom stereocenters. The highest BCUT2D eigenvalue weighted by Gasteiger charge is 2.22. The van der Waals surface area contributed by atoms with E-state index in [0.717, 1.165) is 19.3 Å². The highest BCUT2D eigenvalue weighted by Crippen LogP contribution is 2.27. The Morgan fingerprint density at radius 3 is 2.53 bits per heavy atom. The average molecular weight is 204 g/mol. The lowest BCUT2D eigenvalue weighted by molar-refractivity contribution is 0.0655. The van der Waals surface area contributed by atoms with Crippen molar-refractivity contribution in [3.05, 3.63) is 35.9 Å². The molecule has 0 aromatic heterocycles. The van der Waals surface area contributed by atoms with Crippen LogP contribution in [0.4, 0.5) is 0 Å². The van der Waals surface area contributed by atoms with Gasteiger partial charge in [0.15, 0.2) is 0 Å². The van der Waals surface area contributed by atoms with Crippen LogP contribution in [0.5, 0.6) is 0 Å². The summed E-state index contributed by atoms with van der Waals surface area (Å²) in [6.07, 6.45) is 6.96. The quantitative estimate of drug-likeness (QED) is 0.801. The maximum Gasteiger partial charge on any atom is 0.0568 e. The summed E-state index contributed by atoms with van der Waals surface area (Å²) in [7, 11) is 0. The van der Waals surface area contributed by atoms with Gasteiger partial charge in [-0.2, -0.15) is 0 Å². The van der Waals surface area contributed by atoms with E-state index in [9.17, 15) is 5.11 Å². The van der Waals surface area contributed by atoms with Crippen LogP contribution in [0.15, 0.2) is 30.3 Å². The van der Waals surface area contributed by atoms with E-state index in [2.05, 4.69) is 30.3 Å². The van der Waals surface area contributed by atoms with Crippen LogP contribution < -0.4 is 0 Å². The van der Waals surface area contributed by atoms with Gasteiger partial charge in [0.1, 0.15) is 0 Å². The van der Waals surface area contributed by atoms with Crippen molar-refractivity contribution >= 4 is 0 Å². The molecule has 1 nitrogen and oxygen atoms in total. The Hall–Kier alpha value is -0.820. The number of aryl methyl sites for hydroxylation is 1. The summed E-state index contributed by atoms with van der Waals surface area (Å²) in [5.41, 5.74) is 1.40. The minimum Gasteiger partial charge on any atom is -0.393 e. The lowest BCUT2D eigenvalue weighted by atomic mass is 9.83. The minimum atomic E-state index is -0.0394. The van der Waals surface area contributed by atoms with Gasteiger partial charge >= 0.3 is 0 Å². The first-order valence-electron chi connectivity index (χ1n) is 6.08. The van der Waals surface area contributed by atoms with Crippen molar-refractivity contribution in [2.24, 2.45) is 5.92 Å². The molecule has 2 rings (SSSR count). The van der Waals surface area contributed by atoms with Gasteiger partial charge in [0.05, 0.1) is 6.10 Å². The third-order valence-corrected chi connectivity index (χ3v) is 3.52. The van der Waals surface area contributed by atoms with Gasteiger partial charge in [-0.1, -0.05) is 43.2 Å². The number of aliphatic hydroxyl groups excluding tert-OH is 1. The fraction of sp³-hybridized carbons (Fsp3) is 0.571. The van der Waals surface area contributed by atoms with Gasteiger partial charge < -0.3 is 5.11 Å². The zero-order chi connectivity index (χ0) is 10.5. The lowest BCUT2D eigenvalue weighted by Crippen LogP contribution is -2.24. The molecule has 1 fully saturated rings. The van der Waals surface area contributed by atoms with Gasteiger partial charge in [-0.05, 0) is 37.2 Å². The fourth-order valence-corrected chi connectivity index (χ4v) is 2.52. The highest BCUT2D eigenvalue weighted by atomic mass is 16.3. The first-order chi connectivity index (χ1) is 7.36. The number of hydrogen-bond donors (Lipinski definition) is 1. The predicted octanol–water partition coefficient (Wildman–Crippen LogP) is 3.17. The molecule has 2 atom stereocenters. The van der Waals surface area contributed by atoms with Crippen LogP contribution in [0.1, 0.15) is 37.7 Å². The molecular formula is C14H20O. The number of rotatable bonds is 3. The molecule has 1 N–H and O–H groups in total. The van der Waals surface area contributed by atoms with Gasteiger partial charge in [0.2, 0.25) is 0 Å². The number of hydrogen-bond acceptors (Lipinski definition) is 1. The maximum atomic E-state index is 9.85. The first kappa shape index (κ1) is 10.7. The van der Waals surface area contributed by atoms with Crippen molar-refractivity contribution in [2.45, 2.75) is 44.6 Å². The van der Waals surface area contributed by atoms with E-state index in [1.54, 1.807) is 0 Å². The van der Waals surface area contributed by atoms with Gasteiger partial charge in [-0.25, -0.2) is 0 Å². The predicted molar refractivity (Wildman–Crippen MR) is 62.7 cm³/mol. The van der Waals surface area contributed by atoms with Crippen LogP contribution in [0, 0.1) is 5.92 Å². The van der Waals surface area contributed by atoms with Crippen molar-refractivity contribution in [2.75, 3.05) is 0 Å². The lowest BCUT2D eigenvalue weighted by Gasteiger charge is -2.27. The molecule has 1 aromatic rings. The molecule has 0 amide bonds. The largest absolute Gasteiger partial charge is 0.393 e. The van der Waals surface area contributed by atoms with Crippen molar-refractivity contribution in [3.8, 4) is 0 Å². The summed E-state index contributed by atoms with van der Waals surface area (Å²) >= 11 is 0. The van der Waals surface area contributed by atoms with E-state index in [4.69, 9.17) is 0 Å². The standard InChI is InChI=1S/C14H20O/c15-14-9-5-4-8-13(14)11-10-12-6-2-1-3-7-12/h1-3,6-7,13-15H,4-5,8-11H2/t13-,14+/m0/s1. The van der Waals surface area contributed by atoms with Crippen LogP contribution >= 0.6 is 0 Å². The molecule has 1 heteroatoms. The van der Waals surface area contributed by atoms with E-state index in [0.29, 0.717) is 5.92 Å². The van der Waals surface area contributed by atoms with Crippen LogP contribution in [0.3, 0.4) is 0 Å². The SMILES string of the molecule is O[C@@H]1CCCC[C@H]1CCc1ccccc1. The van der Waals surface area contributed by atoms with Crippen LogP contribution in [0.25, 0.3) is 0 Å². The third-order valence-electron chi connectivity index (χ3n) is 3.52. The summed E-state index contributed by atoms with van der Waals surface area (Å²) in [5.74, 6) is 0.541. The Balaban J connectivity index is 1.82. The molecule has 0 radical (unpaired) electrons. The Kier molecular flexibility index (Phi) is 3.79. The molecule has 0 heterocycles. The smallest absolute Gasteiger partial charge is 0.0568 e. The van der Waals surface area contributed by atoms with Crippen molar-refractivity contribution in [1.29, 1.82) is 0 Å². The van der Waals surface area contributed by atoms with Gasteiger partial charge in [-0.15, -0.1) is 0 Å². The summed E-state index contributed by atoms with van der Waals surface area (Å²) in [5, 5.41) is 9.85. The van der Waals surface area contributed by atoms with E-state index in [1.165, 1.54) is 24.8 Å². The maximum absolute atomic E-state index is 9.85. The van der Waals surface area contributed by atoms with E-state index < -0.39 is 0 Å². The molecule has 0 saturated heterocycles. The molecule has 1 aliphatic rings. The average Bonchev–Trinajstić information content (AvgIpc) is 2.29. The number of benzene rings is 1. The summed E-state index contributed by atoms with van der Waals surface area (Å²) in [6, 6.07) is 10.6. The van der Waals surface area contributed by atoms with Crippen molar-refractivity contribution in [1.82, 2.24) is 0 Å². The Bertz CT molecular complexity index is 281. The summed E-state index contributed by atoms with van der Waals surface area (Å²) < 4.78 is 0. The van der Waals surface area contributed by atoms with Gasteiger partial charge in [-0.3, -0.25) is 0 Å². The second-order valence-corrected chi connectivity index (χ2v) is 4.64. The Morgan fingerprint density at radius 1 is 1.07 bits per heavy atom. The molecule has 0 aliphatic heterocycles. The third kappa shape index (κ3) is 3.07. The fourth-order valence-electron chi connectivity index (χ4n) is 2.52. The minimum absolute atomic E-state index is 0.0394. The van der Waals surface area contributed by atoms with Crippen molar-refractivity contribution < 1.29 is 5.11 Å². The zero-order valence-corrected chi connectivity index (χ0v) is 9.23. The molecule has 1 aliphatic carbocycles. The molecule has 0 spiro atoms. The normalized spacial score (nSPS) is 26.5. The zero-order valence-electron chi connectivity index (χ0n) is 9.23. The molecule has 1 saturated carbocycles. The van der Waals surface area contributed by atoms with Crippen LogP contribution in [0.2, 0.25) is 0 Å². The molecule has 0 bridgehead atoms. The van der Waals surface area contributed by atoms with Crippen LogP contribution in [-0.4, -0.2) is 11.2 Å². The van der Waals surface area contributed by atoms with Gasteiger partial charge in [0.25, 0.3) is 0 Å². The summed E-state index contributed by atoms with van der Waals surface area (Å²) in [6.45, 7) is 0. The first-order valence-corrected chi connectivity index (χ1v) is 6.08. The number of aliphatic hydroxyl groups is 1. The van der Waals surface area contributed by atoms with E-state index >= 15 is 0 Å². The monoisotopic (exact) mass is 204 g/mol. The Labute approximate surface area is 92.1 Å². The summed E-state index contributed by atoms with van der Waals surface area (Å²) in [4.78, 5) is 0. The highest BCUT2D eigenvalue weighted by molar-refractivity contribution is 5.14. The Morgan fingerprint density at radius 2 is 1.80 bits per heavy atom. The van der Waals surface area contributed by atoms with Crippen molar-refractivity contribution in [3.63, 3.8) is 0 Å². The van der Waals surface area contributed by atoms with Gasteiger partial charge in [0, 0.05) is 0 Å².